The average molecular weight is 339 g/mol. The van der Waals surface area contributed by atoms with Gasteiger partial charge >= 0.3 is 5.97 Å². The summed E-state index contributed by atoms with van der Waals surface area (Å²) in [5.74, 6) is -0.748. The van der Waals surface area contributed by atoms with Crippen molar-refractivity contribution in [3.05, 3.63) is 47.0 Å². The van der Waals surface area contributed by atoms with Crippen LogP contribution in [0.3, 0.4) is 0 Å². The minimum Gasteiger partial charge on any atom is -0.295 e. The zero-order valence-electron chi connectivity index (χ0n) is 13.7. The van der Waals surface area contributed by atoms with Gasteiger partial charge in [0.15, 0.2) is 0 Å². The molecule has 0 saturated carbocycles. The fourth-order valence-electron chi connectivity index (χ4n) is 2.67. The Morgan fingerprint density at radius 3 is 2.30 bits per heavy atom. The van der Waals surface area contributed by atoms with E-state index in [0.29, 0.717) is 10.6 Å². The van der Waals surface area contributed by atoms with Crippen molar-refractivity contribution < 1.29 is 14.9 Å². The molecule has 3 nitrogen and oxygen atoms in total. The van der Waals surface area contributed by atoms with Gasteiger partial charge in [0.05, 0.1) is 5.56 Å². The molecule has 23 heavy (non-hydrogen) atoms. The second-order valence-corrected chi connectivity index (χ2v) is 6.27. The quantitative estimate of drug-likeness (QED) is 0.213. The van der Waals surface area contributed by atoms with Crippen LogP contribution in [-0.2, 0) is 11.3 Å². The Balaban J connectivity index is 2.21. The molecule has 0 saturated heterocycles. The number of hydrogen-bond donors (Lipinski definition) is 1. The Morgan fingerprint density at radius 1 is 1.09 bits per heavy atom. The van der Waals surface area contributed by atoms with Crippen LogP contribution in [0.4, 0.5) is 0 Å². The van der Waals surface area contributed by atoms with E-state index < -0.39 is 5.97 Å². The number of unbranched alkanes of at least 4 members (excludes halogenated alkanes) is 8. The van der Waals surface area contributed by atoms with Gasteiger partial charge in [-0.3, -0.25) is 4.89 Å². The molecule has 0 radical (unpaired) electrons. The van der Waals surface area contributed by atoms with Crippen LogP contribution in [0, 0.1) is 0 Å². The summed E-state index contributed by atoms with van der Waals surface area (Å²) in [5.41, 5.74) is 1.22. The van der Waals surface area contributed by atoms with E-state index >= 15 is 0 Å². The van der Waals surface area contributed by atoms with Crippen molar-refractivity contribution in [2.24, 2.45) is 0 Å². The van der Waals surface area contributed by atoms with E-state index in [-0.39, 0.29) is 0 Å². The Bertz CT molecular complexity index is 486. The lowest BCUT2D eigenvalue weighted by atomic mass is 10.00. The van der Waals surface area contributed by atoms with Gasteiger partial charge in [-0.05, 0) is 43.4 Å². The molecule has 0 aliphatic rings. The van der Waals surface area contributed by atoms with E-state index in [9.17, 15) is 4.79 Å². The maximum Gasteiger partial charge on any atom is 0.373 e. The highest BCUT2D eigenvalue weighted by molar-refractivity contribution is 6.31. The van der Waals surface area contributed by atoms with Gasteiger partial charge in [-0.2, -0.15) is 5.26 Å². The topological polar surface area (TPSA) is 46.5 Å². The summed E-state index contributed by atoms with van der Waals surface area (Å²) >= 11 is 5.89. The molecule has 4 heteroatoms. The molecule has 0 amide bonds. The third-order valence-electron chi connectivity index (χ3n) is 3.98. The predicted molar refractivity (Wildman–Crippen MR) is 95.0 cm³/mol. The monoisotopic (exact) mass is 338 g/mol. The van der Waals surface area contributed by atoms with Crippen molar-refractivity contribution in [2.45, 2.75) is 64.2 Å². The normalized spacial score (nSPS) is 10.5. The number of rotatable bonds is 12. The zero-order chi connectivity index (χ0) is 16.9. The minimum atomic E-state index is -0.748. The summed E-state index contributed by atoms with van der Waals surface area (Å²) < 4.78 is 0. The molecule has 1 N–H and O–H groups in total. The fraction of sp³-hybridized carbons (Fsp3) is 0.526. The van der Waals surface area contributed by atoms with Crippen LogP contribution >= 0.6 is 11.6 Å². The van der Waals surface area contributed by atoms with Crippen molar-refractivity contribution in [3.63, 3.8) is 0 Å². The van der Waals surface area contributed by atoms with E-state index in [1.165, 1.54) is 38.5 Å². The first-order valence-electron chi connectivity index (χ1n) is 8.44. The van der Waals surface area contributed by atoms with Crippen molar-refractivity contribution in [3.8, 4) is 0 Å². The molecule has 0 bridgehead atoms. The van der Waals surface area contributed by atoms with Crippen LogP contribution in [-0.4, -0.2) is 11.2 Å². The van der Waals surface area contributed by atoms with Gasteiger partial charge in [-0.25, -0.2) is 4.79 Å². The lowest BCUT2D eigenvalue weighted by molar-refractivity contribution is -0.182. The van der Waals surface area contributed by atoms with Gasteiger partial charge in [0.1, 0.15) is 0 Å². The van der Waals surface area contributed by atoms with Gasteiger partial charge < -0.3 is 0 Å². The van der Waals surface area contributed by atoms with Crippen LogP contribution in [0.2, 0.25) is 5.02 Å². The number of benzene rings is 1. The average Bonchev–Trinajstić information content (AvgIpc) is 2.56. The number of allylic oxidation sites excluding steroid dienone is 1. The van der Waals surface area contributed by atoms with Crippen molar-refractivity contribution in [1.29, 1.82) is 0 Å². The van der Waals surface area contributed by atoms with E-state index in [0.717, 1.165) is 31.2 Å². The summed E-state index contributed by atoms with van der Waals surface area (Å²) in [6.07, 6.45) is 13.7. The van der Waals surface area contributed by atoms with Gasteiger partial charge in [-0.1, -0.05) is 62.3 Å². The van der Waals surface area contributed by atoms with E-state index in [2.05, 4.69) is 11.5 Å². The second kappa shape index (κ2) is 12.1. The first-order valence-corrected chi connectivity index (χ1v) is 8.82. The molecule has 0 aliphatic heterocycles. The number of carbonyl (C=O) groups is 1. The van der Waals surface area contributed by atoms with E-state index in [4.69, 9.17) is 16.9 Å². The second-order valence-electron chi connectivity index (χ2n) is 5.84. The van der Waals surface area contributed by atoms with Gasteiger partial charge in [0.2, 0.25) is 0 Å². The summed E-state index contributed by atoms with van der Waals surface area (Å²) in [7, 11) is 0. The molecule has 0 atom stereocenters. The molecule has 0 fully saturated rings. The van der Waals surface area contributed by atoms with Crippen molar-refractivity contribution in [1.82, 2.24) is 0 Å². The van der Waals surface area contributed by atoms with Crippen LogP contribution in [0.1, 0.15) is 73.7 Å². The smallest absolute Gasteiger partial charge is 0.295 e. The maximum atomic E-state index is 11.5. The molecule has 1 aromatic carbocycles. The standard InChI is InChI=1S/C19H27ClO3/c1-2-3-4-5-6-7-8-9-10-11-12-16-13-14-17(20)15-18(16)19(21)23-22/h2,13-15,22H,1,3-12H2. The number of halogens is 1. The van der Waals surface area contributed by atoms with Crippen LogP contribution < -0.4 is 0 Å². The summed E-state index contributed by atoms with van der Waals surface area (Å²) in [6.45, 7) is 3.73. The predicted octanol–water partition coefficient (Wildman–Crippen LogP) is 6.21. The molecule has 128 valence electrons. The number of hydrogen-bond acceptors (Lipinski definition) is 3. The highest BCUT2D eigenvalue weighted by Gasteiger charge is 2.13. The molecule has 1 rings (SSSR count). The summed E-state index contributed by atoms with van der Waals surface area (Å²) in [6, 6.07) is 5.13. The van der Waals surface area contributed by atoms with E-state index in [1.54, 1.807) is 12.1 Å². The van der Waals surface area contributed by atoms with Crippen LogP contribution in [0.5, 0.6) is 0 Å². The molecule has 0 unspecified atom stereocenters. The largest absolute Gasteiger partial charge is 0.373 e. The molecule has 0 heterocycles. The zero-order valence-corrected chi connectivity index (χ0v) is 14.5. The van der Waals surface area contributed by atoms with Crippen LogP contribution in [0.15, 0.2) is 30.9 Å². The third-order valence-corrected chi connectivity index (χ3v) is 4.21. The lowest BCUT2D eigenvalue weighted by Gasteiger charge is -2.07. The van der Waals surface area contributed by atoms with Gasteiger partial charge in [-0.15, -0.1) is 6.58 Å². The lowest BCUT2D eigenvalue weighted by Crippen LogP contribution is -2.06. The number of aryl methyl sites for hydroxylation is 1. The first kappa shape index (κ1) is 19.7. The maximum absolute atomic E-state index is 11.5. The number of carbonyl (C=O) groups excluding carboxylic acids is 1. The van der Waals surface area contributed by atoms with Crippen molar-refractivity contribution >= 4 is 17.6 Å². The molecule has 0 aliphatic carbocycles. The molecular formula is C19H27ClO3. The summed E-state index contributed by atoms with van der Waals surface area (Å²) in [4.78, 5) is 15.4. The van der Waals surface area contributed by atoms with Gasteiger partial charge in [0, 0.05) is 5.02 Å². The summed E-state index contributed by atoms with van der Waals surface area (Å²) in [5, 5.41) is 9.02. The highest BCUT2D eigenvalue weighted by atomic mass is 35.5. The molecule has 1 aromatic rings. The molecule has 0 aromatic heterocycles. The molecular weight excluding hydrogens is 312 g/mol. The Labute approximate surface area is 144 Å². The van der Waals surface area contributed by atoms with Crippen LogP contribution in [0.25, 0.3) is 0 Å². The van der Waals surface area contributed by atoms with E-state index in [1.807, 2.05) is 12.1 Å². The molecule has 0 spiro atoms. The van der Waals surface area contributed by atoms with Gasteiger partial charge in [0.25, 0.3) is 0 Å². The Hall–Kier alpha value is -1.32. The first-order chi connectivity index (χ1) is 11.2. The fourth-order valence-corrected chi connectivity index (χ4v) is 2.84. The minimum absolute atomic E-state index is 0.349. The Kier molecular flexibility index (Phi) is 10.4. The van der Waals surface area contributed by atoms with Crippen molar-refractivity contribution in [2.75, 3.05) is 0 Å². The Morgan fingerprint density at radius 2 is 1.70 bits per heavy atom. The highest BCUT2D eigenvalue weighted by Crippen LogP contribution is 2.20. The SMILES string of the molecule is C=CCCCCCCCCCCc1ccc(Cl)cc1C(=O)OO. The third kappa shape index (κ3) is 8.19.